The quantitative estimate of drug-likeness (QED) is 0.750. The second kappa shape index (κ2) is 8.65. The highest BCUT2D eigenvalue weighted by Gasteiger charge is 2.29. The van der Waals surface area contributed by atoms with Crippen LogP contribution in [0.25, 0.3) is 0 Å². The lowest BCUT2D eigenvalue weighted by Crippen LogP contribution is -2.40. The van der Waals surface area contributed by atoms with E-state index in [4.69, 9.17) is 4.84 Å². The Morgan fingerprint density at radius 2 is 1.77 bits per heavy atom. The van der Waals surface area contributed by atoms with Crippen LogP contribution in [0.2, 0.25) is 0 Å². The Kier molecular flexibility index (Phi) is 6.05. The number of benzene rings is 2. The Morgan fingerprint density at radius 1 is 1.12 bits per heavy atom. The van der Waals surface area contributed by atoms with Gasteiger partial charge in [0.1, 0.15) is 0 Å². The van der Waals surface area contributed by atoms with Crippen LogP contribution in [-0.2, 0) is 9.63 Å². The van der Waals surface area contributed by atoms with E-state index >= 15 is 0 Å². The molecule has 1 heterocycles. The minimum atomic E-state index is -0.105. The Labute approximate surface area is 155 Å². The first-order valence-electron chi connectivity index (χ1n) is 9.34. The minimum absolute atomic E-state index is 0.0811. The number of carbonyl (C=O) groups is 1. The zero-order valence-corrected chi connectivity index (χ0v) is 15.5. The second-order valence-electron chi connectivity index (χ2n) is 6.58. The van der Waals surface area contributed by atoms with Crippen LogP contribution in [0.4, 0.5) is 0 Å². The highest BCUT2D eigenvalue weighted by Crippen LogP contribution is 2.24. The largest absolute Gasteiger partial charge is 0.390 e. The third-order valence-electron chi connectivity index (χ3n) is 4.87. The Morgan fingerprint density at radius 3 is 2.38 bits per heavy atom. The minimum Gasteiger partial charge on any atom is -0.390 e. The Hall–Kier alpha value is -2.62. The number of hydrogen-bond acceptors (Lipinski definition) is 3. The van der Waals surface area contributed by atoms with Crippen molar-refractivity contribution in [3.05, 3.63) is 71.8 Å². The molecule has 2 aromatic carbocycles. The van der Waals surface area contributed by atoms with Gasteiger partial charge in [-0.3, -0.25) is 4.79 Å². The molecule has 0 bridgehead atoms. The van der Waals surface area contributed by atoms with E-state index in [0.717, 1.165) is 29.7 Å². The van der Waals surface area contributed by atoms with Crippen LogP contribution in [0.1, 0.15) is 43.7 Å². The van der Waals surface area contributed by atoms with Crippen molar-refractivity contribution in [2.75, 3.05) is 13.1 Å². The van der Waals surface area contributed by atoms with E-state index in [1.165, 1.54) is 0 Å². The van der Waals surface area contributed by atoms with Crippen molar-refractivity contribution in [3.8, 4) is 0 Å². The highest BCUT2D eigenvalue weighted by molar-refractivity contribution is 6.01. The Balaban J connectivity index is 1.64. The van der Waals surface area contributed by atoms with Crippen molar-refractivity contribution in [2.45, 2.75) is 38.7 Å². The van der Waals surface area contributed by atoms with Crippen LogP contribution in [-0.4, -0.2) is 35.7 Å². The molecule has 2 atom stereocenters. The van der Waals surface area contributed by atoms with Gasteiger partial charge < -0.3 is 9.74 Å². The van der Waals surface area contributed by atoms with Gasteiger partial charge in [0, 0.05) is 13.0 Å². The number of rotatable bonds is 7. The second-order valence-corrected chi connectivity index (χ2v) is 6.58. The third-order valence-corrected chi connectivity index (χ3v) is 4.87. The lowest BCUT2D eigenvalue weighted by Gasteiger charge is -2.27. The van der Waals surface area contributed by atoms with E-state index in [1.807, 2.05) is 72.5 Å². The van der Waals surface area contributed by atoms with Crippen LogP contribution in [0.5, 0.6) is 0 Å². The van der Waals surface area contributed by atoms with Gasteiger partial charge in [0.2, 0.25) is 5.91 Å². The fraction of sp³-hybridized carbons (Fsp3) is 0.364. The van der Waals surface area contributed by atoms with Crippen molar-refractivity contribution in [1.29, 1.82) is 0 Å². The molecule has 0 radical (unpaired) electrons. The lowest BCUT2D eigenvalue weighted by molar-refractivity contribution is -0.134. The number of likely N-dealkylation sites (N-methyl/N-ethyl adjacent to an activating group) is 1. The number of amides is 1. The molecule has 26 heavy (non-hydrogen) atoms. The summed E-state index contributed by atoms with van der Waals surface area (Å²) in [4.78, 5) is 20.6. The van der Waals surface area contributed by atoms with E-state index in [-0.39, 0.29) is 17.9 Å². The summed E-state index contributed by atoms with van der Waals surface area (Å²) in [7, 11) is 0. The monoisotopic (exact) mass is 350 g/mol. The molecule has 3 rings (SSSR count). The van der Waals surface area contributed by atoms with Gasteiger partial charge in [-0.15, -0.1) is 0 Å². The summed E-state index contributed by atoms with van der Waals surface area (Å²) < 4.78 is 0. The predicted molar refractivity (Wildman–Crippen MR) is 104 cm³/mol. The number of nitrogens with zero attached hydrogens (tertiary/aromatic N) is 2. The van der Waals surface area contributed by atoms with Gasteiger partial charge in [0.05, 0.1) is 18.2 Å². The maximum absolute atomic E-state index is 13.1. The summed E-state index contributed by atoms with van der Waals surface area (Å²) in [5, 5.41) is 4.24. The molecule has 0 aromatic heterocycles. The first-order chi connectivity index (χ1) is 12.7. The number of hydrogen-bond donors (Lipinski definition) is 0. The maximum Gasteiger partial charge on any atom is 0.230 e. The van der Waals surface area contributed by atoms with Gasteiger partial charge in [-0.25, -0.2) is 0 Å². The number of oxime groups is 1. The molecule has 0 fully saturated rings. The summed E-state index contributed by atoms with van der Waals surface area (Å²) >= 11 is 0. The molecule has 2 aromatic rings. The first kappa shape index (κ1) is 18.2. The van der Waals surface area contributed by atoms with Gasteiger partial charge in [-0.1, -0.05) is 72.7 Å². The SMILES string of the molecule is CCC(C(=O)N(CC)CC1CC(c2ccccc2)=NO1)c1ccccc1. The van der Waals surface area contributed by atoms with Gasteiger partial charge in [0.15, 0.2) is 6.10 Å². The topological polar surface area (TPSA) is 41.9 Å². The molecule has 1 aliphatic rings. The predicted octanol–water partition coefficient (Wildman–Crippen LogP) is 4.22. The Bertz CT molecular complexity index is 743. The van der Waals surface area contributed by atoms with Crippen molar-refractivity contribution in [2.24, 2.45) is 5.16 Å². The molecule has 4 nitrogen and oxygen atoms in total. The van der Waals surface area contributed by atoms with E-state index in [1.54, 1.807) is 0 Å². The van der Waals surface area contributed by atoms with Crippen molar-refractivity contribution < 1.29 is 9.63 Å². The van der Waals surface area contributed by atoms with E-state index in [2.05, 4.69) is 12.1 Å². The van der Waals surface area contributed by atoms with Crippen LogP contribution >= 0.6 is 0 Å². The average molecular weight is 350 g/mol. The van der Waals surface area contributed by atoms with Crippen molar-refractivity contribution in [3.63, 3.8) is 0 Å². The lowest BCUT2D eigenvalue weighted by atomic mass is 9.94. The summed E-state index contributed by atoms with van der Waals surface area (Å²) in [6, 6.07) is 20.1. The van der Waals surface area contributed by atoms with Gasteiger partial charge in [-0.05, 0) is 24.5 Å². The molecule has 1 amide bonds. The van der Waals surface area contributed by atoms with Crippen molar-refractivity contribution >= 4 is 11.6 Å². The summed E-state index contributed by atoms with van der Waals surface area (Å²) in [6.07, 6.45) is 1.44. The third kappa shape index (κ3) is 4.13. The van der Waals surface area contributed by atoms with Gasteiger partial charge in [0.25, 0.3) is 0 Å². The smallest absolute Gasteiger partial charge is 0.230 e. The van der Waals surface area contributed by atoms with E-state index < -0.39 is 0 Å². The fourth-order valence-corrected chi connectivity index (χ4v) is 3.41. The van der Waals surface area contributed by atoms with Crippen LogP contribution < -0.4 is 0 Å². The summed E-state index contributed by atoms with van der Waals surface area (Å²) in [6.45, 7) is 5.32. The standard InChI is InChI=1S/C22H26N2O2/c1-3-20(17-11-7-5-8-12-17)22(25)24(4-2)16-19-15-21(23-26-19)18-13-9-6-10-14-18/h5-14,19-20H,3-4,15-16H2,1-2H3. The molecule has 4 heteroatoms. The van der Waals surface area contributed by atoms with Crippen molar-refractivity contribution in [1.82, 2.24) is 4.90 Å². The zero-order valence-electron chi connectivity index (χ0n) is 15.5. The highest BCUT2D eigenvalue weighted by atomic mass is 16.6. The number of carbonyl (C=O) groups excluding carboxylic acids is 1. The normalized spacial score (nSPS) is 17.3. The summed E-state index contributed by atoms with van der Waals surface area (Å²) in [5.41, 5.74) is 3.11. The van der Waals surface area contributed by atoms with E-state index in [0.29, 0.717) is 13.1 Å². The van der Waals surface area contributed by atoms with Crippen LogP contribution in [0.15, 0.2) is 65.8 Å². The van der Waals surface area contributed by atoms with Gasteiger partial charge in [-0.2, -0.15) is 0 Å². The molecule has 0 saturated heterocycles. The molecule has 0 spiro atoms. The average Bonchev–Trinajstić information content (AvgIpc) is 3.17. The maximum atomic E-state index is 13.1. The fourth-order valence-electron chi connectivity index (χ4n) is 3.41. The molecule has 1 aliphatic heterocycles. The molecular formula is C22H26N2O2. The molecule has 0 saturated carbocycles. The van der Waals surface area contributed by atoms with Gasteiger partial charge >= 0.3 is 0 Å². The summed E-state index contributed by atoms with van der Waals surface area (Å²) in [5.74, 6) is 0.0602. The van der Waals surface area contributed by atoms with Crippen LogP contribution in [0.3, 0.4) is 0 Å². The molecule has 0 N–H and O–H groups in total. The first-order valence-corrected chi connectivity index (χ1v) is 9.34. The molecule has 2 unspecified atom stereocenters. The molecular weight excluding hydrogens is 324 g/mol. The van der Waals surface area contributed by atoms with Crippen LogP contribution in [0, 0.1) is 0 Å². The van der Waals surface area contributed by atoms with E-state index in [9.17, 15) is 4.79 Å². The molecule has 0 aliphatic carbocycles. The molecule has 136 valence electrons. The zero-order chi connectivity index (χ0) is 18.4.